The fourth-order valence-electron chi connectivity index (χ4n) is 3.10. The van der Waals surface area contributed by atoms with Crippen LogP contribution in [0.5, 0.6) is 0 Å². The van der Waals surface area contributed by atoms with Crippen LogP contribution in [0.4, 0.5) is 5.82 Å². The van der Waals surface area contributed by atoms with E-state index in [1.807, 2.05) is 12.1 Å². The smallest absolute Gasteiger partial charge is 0.129 e. The second-order valence-electron chi connectivity index (χ2n) is 6.10. The van der Waals surface area contributed by atoms with E-state index in [0.29, 0.717) is 6.54 Å². The molecule has 0 bridgehead atoms. The third kappa shape index (κ3) is 2.38. The Morgan fingerprint density at radius 1 is 1.35 bits per heavy atom. The summed E-state index contributed by atoms with van der Waals surface area (Å²) in [4.78, 5) is 7.24. The number of nitrogens with zero attached hydrogens (tertiary/aromatic N) is 2. The summed E-state index contributed by atoms with van der Waals surface area (Å²) < 4.78 is 0. The molecular formula is C17H23N3. The molecule has 0 aliphatic carbocycles. The summed E-state index contributed by atoms with van der Waals surface area (Å²) in [5, 5.41) is 1.18. The van der Waals surface area contributed by atoms with Gasteiger partial charge in [-0.1, -0.05) is 32.0 Å². The minimum Gasteiger partial charge on any atom is -0.356 e. The molecule has 1 fully saturated rings. The standard InChI is InChI=1S/C17H23N3/c1-12(2)13-7-8-20(11-13)17-9-14(10-18)15-5-3-4-6-16(15)19-17/h3-6,9,12-13H,7-8,10-11,18H2,1-2H3. The third-order valence-electron chi connectivity index (χ3n) is 4.50. The molecule has 1 aromatic carbocycles. The number of anilines is 1. The van der Waals surface area contributed by atoms with E-state index < -0.39 is 0 Å². The monoisotopic (exact) mass is 269 g/mol. The van der Waals surface area contributed by atoms with Gasteiger partial charge in [-0.3, -0.25) is 0 Å². The fraction of sp³-hybridized carbons (Fsp3) is 0.471. The van der Waals surface area contributed by atoms with E-state index in [1.54, 1.807) is 0 Å². The SMILES string of the molecule is CC(C)C1CCN(c2cc(CN)c3ccccc3n2)C1. The summed E-state index contributed by atoms with van der Waals surface area (Å²) in [5.41, 5.74) is 8.16. The molecule has 2 N–H and O–H groups in total. The second-order valence-corrected chi connectivity index (χ2v) is 6.10. The lowest BCUT2D eigenvalue weighted by atomic mass is 9.95. The van der Waals surface area contributed by atoms with Crippen molar-refractivity contribution >= 4 is 16.7 Å². The van der Waals surface area contributed by atoms with Crippen LogP contribution in [0.3, 0.4) is 0 Å². The van der Waals surface area contributed by atoms with Crippen LogP contribution in [0.15, 0.2) is 30.3 Å². The summed E-state index contributed by atoms with van der Waals surface area (Å²) in [6, 6.07) is 10.4. The van der Waals surface area contributed by atoms with Gasteiger partial charge in [-0.2, -0.15) is 0 Å². The zero-order valence-electron chi connectivity index (χ0n) is 12.3. The number of hydrogen-bond acceptors (Lipinski definition) is 3. The van der Waals surface area contributed by atoms with Crippen molar-refractivity contribution in [3.05, 3.63) is 35.9 Å². The average molecular weight is 269 g/mol. The first-order chi connectivity index (χ1) is 9.69. The van der Waals surface area contributed by atoms with Crippen molar-refractivity contribution < 1.29 is 0 Å². The Balaban J connectivity index is 1.96. The lowest BCUT2D eigenvalue weighted by molar-refractivity contribution is 0.422. The maximum absolute atomic E-state index is 5.91. The van der Waals surface area contributed by atoms with E-state index >= 15 is 0 Å². The third-order valence-corrected chi connectivity index (χ3v) is 4.50. The van der Waals surface area contributed by atoms with E-state index in [1.165, 1.54) is 17.4 Å². The molecule has 106 valence electrons. The van der Waals surface area contributed by atoms with Crippen LogP contribution in [0.25, 0.3) is 10.9 Å². The van der Waals surface area contributed by atoms with E-state index in [2.05, 4.69) is 36.9 Å². The lowest BCUT2D eigenvalue weighted by Crippen LogP contribution is -2.22. The Bertz CT molecular complexity index is 606. The van der Waals surface area contributed by atoms with Gasteiger partial charge in [0.25, 0.3) is 0 Å². The van der Waals surface area contributed by atoms with Gasteiger partial charge in [-0.15, -0.1) is 0 Å². The maximum atomic E-state index is 5.91. The predicted octanol–water partition coefficient (Wildman–Crippen LogP) is 3.18. The molecule has 1 saturated heterocycles. The molecule has 3 heteroatoms. The number of fused-ring (bicyclic) bond motifs is 1. The molecular weight excluding hydrogens is 246 g/mol. The first-order valence-electron chi connectivity index (χ1n) is 7.52. The quantitative estimate of drug-likeness (QED) is 0.930. The molecule has 0 spiro atoms. The summed E-state index contributed by atoms with van der Waals surface area (Å²) in [6.45, 7) is 7.42. The summed E-state index contributed by atoms with van der Waals surface area (Å²) in [6.07, 6.45) is 1.27. The van der Waals surface area contributed by atoms with Gasteiger partial charge in [0.05, 0.1) is 5.52 Å². The van der Waals surface area contributed by atoms with Crippen molar-refractivity contribution in [2.45, 2.75) is 26.8 Å². The number of nitrogens with two attached hydrogens (primary N) is 1. The van der Waals surface area contributed by atoms with Crippen LogP contribution in [0.1, 0.15) is 25.8 Å². The Labute approximate surface area is 120 Å². The molecule has 0 radical (unpaired) electrons. The molecule has 1 atom stereocenters. The molecule has 20 heavy (non-hydrogen) atoms. The van der Waals surface area contributed by atoms with Gasteiger partial charge < -0.3 is 10.6 Å². The highest BCUT2D eigenvalue weighted by Gasteiger charge is 2.26. The zero-order chi connectivity index (χ0) is 14.1. The topological polar surface area (TPSA) is 42.1 Å². The average Bonchev–Trinajstić information content (AvgIpc) is 2.96. The van der Waals surface area contributed by atoms with Gasteiger partial charge in [0.1, 0.15) is 5.82 Å². The van der Waals surface area contributed by atoms with Crippen LogP contribution >= 0.6 is 0 Å². The molecule has 0 saturated carbocycles. The Kier molecular flexibility index (Phi) is 3.62. The van der Waals surface area contributed by atoms with Crippen molar-refractivity contribution in [1.29, 1.82) is 0 Å². The first-order valence-corrected chi connectivity index (χ1v) is 7.52. The largest absolute Gasteiger partial charge is 0.356 e. The Hall–Kier alpha value is -1.61. The summed E-state index contributed by atoms with van der Waals surface area (Å²) in [5.74, 6) is 2.62. The van der Waals surface area contributed by atoms with Crippen molar-refractivity contribution in [3.63, 3.8) is 0 Å². The van der Waals surface area contributed by atoms with Gasteiger partial charge in [-0.25, -0.2) is 4.98 Å². The normalized spacial score (nSPS) is 19.2. The van der Waals surface area contributed by atoms with E-state index in [0.717, 1.165) is 36.3 Å². The maximum Gasteiger partial charge on any atom is 0.129 e. The number of aromatic nitrogens is 1. The van der Waals surface area contributed by atoms with Crippen molar-refractivity contribution in [3.8, 4) is 0 Å². The Morgan fingerprint density at radius 3 is 2.85 bits per heavy atom. The molecule has 3 nitrogen and oxygen atoms in total. The van der Waals surface area contributed by atoms with Crippen molar-refractivity contribution in [1.82, 2.24) is 4.98 Å². The highest BCUT2D eigenvalue weighted by Crippen LogP contribution is 2.29. The predicted molar refractivity (Wildman–Crippen MR) is 84.8 cm³/mol. The first kappa shape index (κ1) is 13.4. The molecule has 0 amide bonds. The molecule has 1 unspecified atom stereocenters. The number of rotatable bonds is 3. The highest BCUT2D eigenvalue weighted by atomic mass is 15.2. The van der Waals surface area contributed by atoms with Crippen LogP contribution in [-0.4, -0.2) is 18.1 Å². The molecule has 1 aliphatic rings. The summed E-state index contributed by atoms with van der Waals surface area (Å²) >= 11 is 0. The number of pyridine rings is 1. The number of benzene rings is 1. The van der Waals surface area contributed by atoms with Gasteiger partial charge in [0, 0.05) is 25.0 Å². The van der Waals surface area contributed by atoms with Gasteiger partial charge in [-0.05, 0) is 36.0 Å². The Morgan fingerprint density at radius 2 is 2.15 bits per heavy atom. The molecule has 2 heterocycles. The minimum atomic E-state index is 0.567. The zero-order valence-corrected chi connectivity index (χ0v) is 12.3. The van der Waals surface area contributed by atoms with Crippen LogP contribution in [-0.2, 0) is 6.54 Å². The van der Waals surface area contributed by atoms with Gasteiger partial charge in [0.2, 0.25) is 0 Å². The second kappa shape index (κ2) is 5.41. The van der Waals surface area contributed by atoms with Crippen LogP contribution < -0.4 is 10.6 Å². The number of para-hydroxylation sites is 1. The van der Waals surface area contributed by atoms with E-state index in [4.69, 9.17) is 10.7 Å². The molecule has 3 rings (SSSR count). The van der Waals surface area contributed by atoms with Crippen molar-refractivity contribution in [2.75, 3.05) is 18.0 Å². The highest BCUT2D eigenvalue weighted by molar-refractivity contribution is 5.84. The van der Waals surface area contributed by atoms with E-state index in [9.17, 15) is 0 Å². The number of hydrogen-bond donors (Lipinski definition) is 1. The minimum absolute atomic E-state index is 0.567. The molecule has 2 aromatic rings. The summed E-state index contributed by atoms with van der Waals surface area (Å²) in [7, 11) is 0. The lowest BCUT2D eigenvalue weighted by Gasteiger charge is -2.20. The van der Waals surface area contributed by atoms with E-state index in [-0.39, 0.29) is 0 Å². The van der Waals surface area contributed by atoms with Gasteiger partial charge in [0.15, 0.2) is 0 Å². The molecule has 1 aliphatic heterocycles. The van der Waals surface area contributed by atoms with Crippen LogP contribution in [0, 0.1) is 11.8 Å². The fourth-order valence-corrected chi connectivity index (χ4v) is 3.10. The van der Waals surface area contributed by atoms with Crippen molar-refractivity contribution in [2.24, 2.45) is 17.6 Å². The van der Waals surface area contributed by atoms with Gasteiger partial charge >= 0.3 is 0 Å². The van der Waals surface area contributed by atoms with Crippen LogP contribution in [0.2, 0.25) is 0 Å². The molecule has 1 aromatic heterocycles.